The van der Waals surface area contributed by atoms with Crippen LogP contribution in [0.5, 0.6) is 5.75 Å². The zero-order valence-corrected chi connectivity index (χ0v) is 14.1. The molecule has 0 heterocycles. The molecule has 0 saturated heterocycles. The van der Waals surface area contributed by atoms with Crippen molar-refractivity contribution < 1.29 is 10.2 Å². The monoisotopic (exact) mass is 310 g/mol. The van der Waals surface area contributed by atoms with Crippen molar-refractivity contribution in [2.45, 2.75) is 63.9 Å². The molecule has 5 atom stereocenters. The Morgan fingerprint density at radius 1 is 1.17 bits per heavy atom. The lowest BCUT2D eigenvalue weighted by molar-refractivity contribution is -0.0967. The van der Waals surface area contributed by atoms with Crippen LogP contribution in [0.3, 0.4) is 0 Å². The summed E-state index contributed by atoms with van der Waals surface area (Å²) < 4.78 is 0. The highest BCUT2D eigenvalue weighted by molar-refractivity contribution is 5.42. The lowest BCUT2D eigenvalue weighted by Crippen LogP contribution is -2.54. The van der Waals surface area contributed by atoms with Gasteiger partial charge in [-0.3, -0.25) is 0 Å². The summed E-state index contributed by atoms with van der Waals surface area (Å²) in [5.41, 5.74) is 1.80. The number of benzene rings is 1. The Hall–Kier alpha value is -1.46. The van der Waals surface area contributed by atoms with Gasteiger partial charge < -0.3 is 10.2 Å². The molecule has 4 rings (SSSR count). The van der Waals surface area contributed by atoms with Gasteiger partial charge in [-0.25, -0.2) is 0 Å². The highest BCUT2D eigenvalue weighted by atomic mass is 16.3. The topological polar surface area (TPSA) is 40.5 Å². The van der Waals surface area contributed by atoms with Gasteiger partial charge in [0.15, 0.2) is 0 Å². The first-order chi connectivity index (χ1) is 10.8. The van der Waals surface area contributed by atoms with Crippen molar-refractivity contribution >= 4 is 0 Å². The summed E-state index contributed by atoms with van der Waals surface area (Å²) in [6.07, 6.45) is 11.7. The van der Waals surface area contributed by atoms with Crippen molar-refractivity contribution in [2.24, 2.45) is 16.7 Å². The van der Waals surface area contributed by atoms with Crippen LogP contribution in [0.25, 0.3) is 0 Å². The van der Waals surface area contributed by atoms with Gasteiger partial charge >= 0.3 is 0 Å². The Kier molecular flexibility index (Phi) is 2.98. The molecule has 0 unspecified atom stereocenters. The van der Waals surface area contributed by atoms with Crippen LogP contribution in [-0.2, 0) is 6.42 Å². The van der Waals surface area contributed by atoms with E-state index in [0.717, 1.165) is 38.5 Å². The van der Waals surface area contributed by atoms with E-state index in [1.54, 1.807) is 0 Å². The number of hydrogen-bond donors (Lipinski definition) is 2. The zero-order valence-electron chi connectivity index (χ0n) is 14.1. The van der Waals surface area contributed by atoms with Gasteiger partial charge in [-0.2, -0.15) is 0 Å². The number of aromatic hydroxyl groups is 1. The molecule has 2 N–H and O–H groups in total. The maximum Gasteiger partial charge on any atom is 0.130 e. The van der Waals surface area contributed by atoms with Crippen molar-refractivity contribution in [2.75, 3.05) is 0 Å². The van der Waals surface area contributed by atoms with E-state index in [2.05, 4.69) is 25.8 Å². The fourth-order valence-electron chi connectivity index (χ4n) is 6.35. The van der Waals surface area contributed by atoms with E-state index in [1.165, 1.54) is 11.1 Å². The molecule has 1 aromatic rings. The van der Waals surface area contributed by atoms with E-state index in [1.807, 2.05) is 12.1 Å². The summed E-state index contributed by atoms with van der Waals surface area (Å²) in [5, 5.41) is 20.8. The number of terminal acetylenes is 1. The first-order valence-electron chi connectivity index (χ1n) is 8.86. The molecule has 0 spiro atoms. The van der Waals surface area contributed by atoms with Crippen LogP contribution in [-0.4, -0.2) is 15.8 Å². The Morgan fingerprint density at radius 2 is 1.96 bits per heavy atom. The van der Waals surface area contributed by atoms with E-state index in [0.29, 0.717) is 17.6 Å². The average Bonchev–Trinajstić information content (AvgIpc) is 2.80. The number of aryl methyl sites for hydroxylation is 1. The van der Waals surface area contributed by atoms with Crippen molar-refractivity contribution in [3.05, 3.63) is 29.3 Å². The molecule has 0 amide bonds. The summed E-state index contributed by atoms with van der Waals surface area (Å²) in [6, 6.07) is 5.89. The Morgan fingerprint density at radius 3 is 2.70 bits per heavy atom. The molecule has 23 heavy (non-hydrogen) atoms. The molecule has 2 saturated carbocycles. The smallest absolute Gasteiger partial charge is 0.130 e. The molecule has 0 radical (unpaired) electrons. The van der Waals surface area contributed by atoms with E-state index in [4.69, 9.17) is 6.42 Å². The standard InChI is InChI=1S/C21H26O2/c1-4-21(23)12-9-18-19(2)10-7-14-13-15(22)5-6-16(14)17(19)8-11-20(18,21)3/h1,5-6,13,17-18,22-23H,7-12H2,2-3H3/t17-,18+,19-,20+,21+/m1/s1. The second-order valence-corrected chi connectivity index (χ2v) is 8.49. The fraction of sp³-hybridized carbons (Fsp3) is 0.619. The Labute approximate surface area is 138 Å². The van der Waals surface area contributed by atoms with Crippen LogP contribution in [0.1, 0.15) is 63.0 Å². The first-order valence-corrected chi connectivity index (χ1v) is 8.86. The SMILES string of the molecule is C#C[C@]1(O)CC[C@H]2[C@]3(C)CCc4cc(O)ccc4[C@H]3CC[C@@]21C. The summed E-state index contributed by atoms with van der Waals surface area (Å²) >= 11 is 0. The molecule has 122 valence electrons. The maximum absolute atomic E-state index is 11.0. The molecular formula is C21H26O2. The van der Waals surface area contributed by atoms with Crippen LogP contribution >= 0.6 is 0 Å². The van der Waals surface area contributed by atoms with Crippen molar-refractivity contribution in [3.63, 3.8) is 0 Å². The van der Waals surface area contributed by atoms with Crippen LogP contribution in [0, 0.1) is 29.1 Å². The van der Waals surface area contributed by atoms with Crippen molar-refractivity contribution in [1.82, 2.24) is 0 Å². The predicted molar refractivity (Wildman–Crippen MR) is 91.1 cm³/mol. The van der Waals surface area contributed by atoms with Crippen LogP contribution < -0.4 is 0 Å². The normalized spacial score (nSPS) is 44.8. The maximum atomic E-state index is 11.0. The third-order valence-corrected chi connectivity index (χ3v) is 7.73. The summed E-state index contributed by atoms with van der Waals surface area (Å²) in [7, 11) is 0. The van der Waals surface area contributed by atoms with Gasteiger partial charge in [-0.05, 0) is 79.0 Å². The van der Waals surface area contributed by atoms with Gasteiger partial charge in [0.05, 0.1) is 0 Å². The van der Waals surface area contributed by atoms with E-state index in [9.17, 15) is 10.2 Å². The number of rotatable bonds is 0. The van der Waals surface area contributed by atoms with Gasteiger partial charge in [0.2, 0.25) is 0 Å². The van der Waals surface area contributed by atoms with Gasteiger partial charge in [0, 0.05) is 5.41 Å². The Bertz CT molecular complexity index is 702. The van der Waals surface area contributed by atoms with E-state index in [-0.39, 0.29) is 10.8 Å². The number of hydrogen-bond acceptors (Lipinski definition) is 2. The molecule has 2 heteroatoms. The summed E-state index contributed by atoms with van der Waals surface area (Å²) in [5.74, 6) is 4.10. The van der Waals surface area contributed by atoms with Crippen molar-refractivity contribution in [1.29, 1.82) is 0 Å². The lowest BCUT2D eigenvalue weighted by atomic mass is 9.47. The van der Waals surface area contributed by atoms with Gasteiger partial charge in [0.25, 0.3) is 0 Å². The number of aliphatic hydroxyl groups is 1. The second-order valence-electron chi connectivity index (χ2n) is 8.49. The van der Waals surface area contributed by atoms with Crippen LogP contribution in [0.15, 0.2) is 18.2 Å². The minimum absolute atomic E-state index is 0.165. The van der Waals surface area contributed by atoms with Gasteiger partial charge in [-0.15, -0.1) is 6.42 Å². The minimum Gasteiger partial charge on any atom is -0.508 e. The Balaban J connectivity index is 1.79. The molecule has 2 fully saturated rings. The lowest BCUT2D eigenvalue weighted by Gasteiger charge is -2.58. The van der Waals surface area contributed by atoms with Gasteiger partial charge in [-0.1, -0.05) is 25.8 Å². The molecule has 2 nitrogen and oxygen atoms in total. The average molecular weight is 310 g/mol. The molecule has 3 aliphatic rings. The van der Waals surface area contributed by atoms with E-state index < -0.39 is 5.60 Å². The van der Waals surface area contributed by atoms with Crippen molar-refractivity contribution in [3.8, 4) is 18.1 Å². The molecule has 0 bridgehead atoms. The molecule has 0 aromatic heterocycles. The summed E-state index contributed by atoms with van der Waals surface area (Å²) in [4.78, 5) is 0. The second kappa shape index (κ2) is 4.54. The molecule has 0 aliphatic heterocycles. The number of phenolic OH excluding ortho intramolecular Hbond substituents is 1. The minimum atomic E-state index is -0.944. The molecule has 3 aliphatic carbocycles. The number of fused-ring (bicyclic) bond motifs is 5. The quantitative estimate of drug-likeness (QED) is 0.711. The molecular weight excluding hydrogens is 284 g/mol. The fourth-order valence-corrected chi connectivity index (χ4v) is 6.35. The third kappa shape index (κ3) is 1.75. The highest BCUT2D eigenvalue weighted by Crippen LogP contribution is 2.69. The highest BCUT2D eigenvalue weighted by Gasteiger charge is 2.64. The third-order valence-electron chi connectivity index (χ3n) is 7.73. The van der Waals surface area contributed by atoms with Crippen LogP contribution in [0.4, 0.5) is 0 Å². The summed E-state index contributed by atoms with van der Waals surface area (Å²) in [6.45, 7) is 4.64. The molecule has 1 aromatic carbocycles. The van der Waals surface area contributed by atoms with E-state index >= 15 is 0 Å². The largest absolute Gasteiger partial charge is 0.508 e. The predicted octanol–water partition coefficient (Wildman–Crippen LogP) is 4.00. The zero-order chi connectivity index (χ0) is 16.5. The number of phenols is 1. The first kappa shape index (κ1) is 15.1. The van der Waals surface area contributed by atoms with Gasteiger partial charge in [0.1, 0.15) is 11.4 Å². The van der Waals surface area contributed by atoms with Crippen LogP contribution in [0.2, 0.25) is 0 Å².